The normalized spacial score (nSPS) is 11.6. The van der Waals surface area contributed by atoms with Crippen molar-refractivity contribution in [2.75, 3.05) is 14.2 Å². The van der Waals surface area contributed by atoms with Gasteiger partial charge in [-0.05, 0) is 47.7 Å². The van der Waals surface area contributed by atoms with E-state index in [1.807, 2.05) is 60.7 Å². The lowest BCUT2D eigenvalue weighted by Gasteiger charge is -2.22. The SMILES string of the molecule is COc1ccc(CCC(=O)N[C@@H](c2ccccc2)c2ccccc2C)cc1OC. The second kappa shape index (κ2) is 9.78. The Bertz CT molecular complexity index is 953. The topological polar surface area (TPSA) is 47.6 Å². The molecule has 150 valence electrons. The predicted molar refractivity (Wildman–Crippen MR) is 115 cm³/mol. The van der Waals surface area contributed by atoms with Gasteiger partial charge in [-0.2, -0.15) is 0 Å². The summed E-state index contributed by atoms with van der Waals surface area (Å²) in [5, 5.41) is 3.22. The van der Waals surface area contributed by atoms with Crippen LogP contribution >= 0.6 is 0 Å². The van der Waals surface area contributed by atoms with Crippen LogP contribution in [0.5, 0.6) is 11.5 Å². The van der Waals surface area contributed by atoms with Crippen molar-refractivity contribution in [2.45, 2.75) is 25.8 Å². The maximum absolute atomic E-state index is 12.8. The minimum absolute atomic E-state index is 0.0110. The van der Waals surface area contributed by atoms with Gasteiger partial charge in [0.2, 0.25) is 5.91 Å². The highest BCUT2D eigenvalue weighted by molar-refractivity contribution is 5.77. The second-order valence-corrected chi connectivity index (χ2v) is 6.96. The van der Waals surface area contributed by atoms with Crippen LogP contribution < -0.4 is 14.8 Å². The molecule has 0 saturated heterocycles. The molecule has 4 heteroatoms. The average molecular weight is 389 g/mol. The van der Waals surface area contributed by atoms with Crippen LogP contribution in [0.2, 0.25) is 0 Å². The molecule has 0 spiro atoms. The zero-order valence-electron chi connectivity index (χ0n) is 17.1. The zero-order chi connectivity index (χ0) is 20.6. The molecule has 3 aromatic rings. The van der Waals surface area contributed by atoms with Gasteiger partial charge in [0.05, 0.1) is 20.3 Å². The molecule has 3 rings (SSSR count). The highest BCUT2D eigenvalue weighted by Gasteiger charge is 2.18. The Balaban J connectivity index is 1.73. The van der Waals surface area contributed by atoms with Crippen LogP contribution in [0, 0.1) is 6.92 Å². The van der Waals surface area contributed by atoms with Gasteiger partial charge in [0, 0.05) is 6.42 Å². The fraction of sp³-hybridized carbons (Fsp3) is 0.240. The second-order valence-electron chi connectivity index (χ2n) is 6.96. The molecule has 4 nitrogen and oxygen atoms in total. The van der Waals surface area contributed by atoms with E-state index >= 15 is 0 Å². The number of amides is 1. The van der Waals surface area contributed by atoms with Crippen LogP contribution in [0.3, 0.4) is 0 Å². The van der Waals surface area contributed by atoms with Gasteiger partial charge in [-0.3, -0.25) is 4.79 Å². The van der Waals surface area contributed by atoms with Crippen LogP contribution in [-0.4, -0.2) is 20.1 Å². The number of benzene rings is 3. The van der Waals surface area contributed by atoms with Crippen LogP contribution in [0.1, 0.15) is 34.7 Å². The van der Waals surface area contributed by atoms with E-state index in [1.165, 1.54) is 0 Å². The van der Waals surface area contributed by atoms with Gasteiger partial charge in [-0.1, -0.05) is 60.7 Å². The van der Waals surface area contributed by atoms with Gasteiger partial charge in [-0.15, -0.1) is 0 Å². The smallest absolute Gasteiger partial charge is 0.221 e. The summed E-state index contributed by atoms with van der Waals surface area (Å²) in [6.45, 7) is 2.07. The number of ether oxygens (including phenoxy) is 2. The van der Waals surface area contributed by atoms with Gasteiger partial charge in [0.1, 0.15) is 0 Å². The number of methoxy groups -OCH3 is 2. The lowest BCUT2D eigenvalue weighted by atomic mass is 9.94. The van der Waals surface area contributed by atoms with Gasteiger partial charge in [-0.25, -0.2) is 0 Å². The third-order valence-corrected chi connectivity index (χ3v) is 5.03. The summed E-state index contributed by atoms with van der Waals surface area (Å²) < 4.78 is 10.6. The molecular weight excluding hydrogens is 362 g/mol. The summed E-state index contributed by atoms with van der Waals surface area (Å²) >= 11 is 0. The van der Waals surface area contributed by atoms with E-state index in [-0.39, 0.29) is 11.9 Å². The van der Waals surface area contributed by atoms with E-state index in [0.29, 0.717) is 24.3 Å². The van der Waals surface area contributed by atoms with Gasteiger partial charge >= 0.3 is 0 Å². The molecule has 29 heavy (non-hydrogen) atoms. The van der Waals surface area contributed by atoms with Crippen LogP contribution in [0.4, 0.5) is 0 Å². The van der Waals surface area contributed by atoms with Crippen LogP contribution in [0.25, 0.3) is 0 Å². The zero-order valence-corrected chi connectivity index (χ0v) is 17.1. The van der Waals surface area contributed by atoms with Gasteiger partial charge < -0.3 is 14.8 Å². The Morgan fingerprint density at radius 2 is 1.59 bits per heavy atom. The summed E-state index contributed by atoms with van der Waals surface area (Å²) in [5.41, 5.74) is 4.37. The molecule has 1 amide bonds. The van der Waals surface area contributed by atoms with E-state index in [1.54, 1.807) is 14.2 Å². The molecule has 3 aromatic carbocycles. The Hall–Kier alpha value is -3.27. The Labute approximate surface area is 172 Å². The largest absolute Gasteiger partial charge is 0.493 e. The van der Waals surface area contributed by atoms with E-state index < -0.39 is 0 Å². The lowest BCUT2D eigenvalue weighted by Crippen LogP contribution is -2.30. The first-order valence-corrected chi connectivity index (χ1v) is 9.73. The molecule has 0 heterocycles. The fourth-order valence-electron chi connectivity index (χ4n) is 3.42. The first-order chi connectivity index (χ1) is 14.1. The molecule has 0 fully saturated rings. The number of aryl methyl sites for hydroxylation is 2. The molecule has 1 N–H and O–H groups in total. The molecule has 0 radical (unpaired) electrons. The minimum atomic E-state index is -0.171. The number of rotatable bonds is 8. The summed E-state index contributed by atoms with van der Waals surface area (Å²) in [5.74, 6) is 1.37. The molecule has 0 saturated carbocycles. The maximum Gasteiger partial charge on any atom is 0.221 e. The molecule has 1 atom stereocenters. The van der Waals surface area contributed by atoms with E-state index in [9.17, 15) is 4.79 Å². The maximum atomic E-state index is 12.8. The van der Waals surface area contributed by atoms with E-state index in [4.69, 9.17) is 9.47 Å². The van der Waals surface area contributed by atoms with E-state index in [2.05, 4.69) is 24.4 Å². The molecule has 0 aromatic heterocycles. The first-order valence-electron chi connectivity index (χ1n) is 9.73. The van der Waals surface area contributed by atoms with Gasteiger partial charge in [0.25, 0.3) is 0 Å². The number of carbonyl (C=O) groups excluding carboxylic acids is 1. The van der Waals surface area contributed by atoms with Crippen molar-refractivity contribution in [2.24, 2.45) is 0 Å². The average Bonchev–Trinajstić information content (AvgIpc) is 2.77. The van der Waals surface area contributed by atoms with Crippen molar-refractivity contribution >= 4 is 5.91 Å². The number of carbonyl (C=O) groups is 1. The molecule has 0 unspecified atom stereocenters. The van der Waals surface area contributed by atoms with Gasteiger partial charge in [0.15, 0.2) is 11.5 Å². The predicted octanol–water partition coefficient (Wildman–Crippen LogP) is 4.85. The molecular formula is C25H27NO3. The molecule has 0 bridgehead atoms. The number of hydrogen-bond donors (Lipinski definition) is 1. The van der Waals surface area contributed by atoms with Crippen molar-refractivity contribution in [3.05, 3.63) is 95.1 Å². The quantitative estimate of drug-likeness (QED) is 0.599. The van der Waals surface area contributed by atoms with Crippen molar-refractivity contribution in [3.8, 4) is 11.5 Å². The standard InChI is InChI=1S/C25H27NO3/c1-18-9-7-8-12-21(18)25(20-10-5-4-6-11-20)26-24(27)16-14-19-13-15-22(28-2)23(17-19)29-3/h4-13,15,17,25H,14,16H2,1-3H3,(H,26,27)/t25-/m0/s1. The lowest BCUT2D eigenvalue weighted by molar-refractivity contribution is -0.121. The highest BCUT2D eigenvalue weighted by Crippen LogP contribution is 2.28. The third-order valence-electron chi connectivity index (χ3n) is 5.03. The van der Waals surface area contributed by atoms with Crippen LogP contribution in [0.15, 0.2) is 72.8 Å². The number of hydrogen-bond acceptors (Lipinski definition) is 3. The first kappa shape index (κ1) is 20.5. The summed E-state index contributed by atoms with van der Waals surface area (Å²) in [6, 6.07) is 23.8. The van der Waals surface area contributed by atoms with Crippen molar-refractivity contribution < 1.29 is 14.3 Å². The highest BCUT2D eigenvalue weighted by atomic mass is 16.5. The van der Waals surface area contributed by atoms with Crippen molar-refractivity contribution in [1.82, 2.24) is 5.32 Å². The third kappa shape index (κ3) is 5.17. The molecule has 0 aliphatic rings. The molecule has 0 aliphatic carbocycles. The summed E-state index contributed by atoms with van der Waals surface area (Å²) in [6.07, 6.45) is 1.02. The van der Waals surface area contributed by atoms with Crippen molar-refractivity contribution in [1.29, 1.82) is 0 Å². The van der Waals surface area contributed by atoms with E-state index in [0.717, 1.165) is 22.3 Å². The fourth-order valence-corrected chi connectivity index (χ4v) is 3.42. The summed E-state index contributed by atoms with van der Waals surface area (Å²) in [4.78, 5) is 12.8. The van der Waals surface area contributed by atoms with Crippen molar-refractivity contribution in [3.63, 3.8) is 0 Å². The molecule has 0 aliphatic heterocycles. The Kier molecular flexibility index (Phi) is 6.90. The Morgan fingerprint density at radius 3 is 2.28 bits per heavy atom. The van der Waals surface area contributed by atoms with Crippen LogP contribution in [-0.2, 0) is 11.2 Å². The number of nitrogens with one attached hydrogen (secondary N) is 1. The summed E-state index contributed by atoms with van der Waals surface area (Å²) in [7, 11) is 3.22. The monoisotopic (exact) mass is 389 g/mol. The Morgan fingerprint density at radius 1 is 0.897 bits per heavy atom. The minimum Gasteiger partial charge on any atom is -0.493 e.